The third-order valence-corrected chi connectivity index (χ3v) is 5.74. The molecular formula is C24H26N2O2. The van der Waals surface area contributed by atoms with E-state index in [2.05, 4.69) is 30.3 Å². The summed E-state index contributed by atoms with van der Waals surface area (Å²) in [6.07, 6.45) is 4.20. The molecule has 0 unspecified atom stereocenters. The summed E-state index contributed by atoms with van der Waals surface area (Å²) in [4.78, 5) is 29.1. The standard InChI is InChI=1S/C24H26N2O2/c27-23-17-22(18-26(23)14-11-19-7-3-1-4-8-19)24(28)25-15-12-21(13-16-25)20-9-5-2-6-10-20/h1-10,12,22H,11,13-18H2/t22-/m1/s1. The Morgan fingerprint density at radius 3 is 2.39 bits per heavy atom. The van der Waals surface area contributed by atoms with Gasteiger partial charge in [0.2, 0.25) is 11.8 Å². The fourth-order valence-corrected chi connectivity index (χ4v) is 4.10. The lowest BCUT2D eigenvalue weighted by Crippen LogP contribution is -2.40. The topological polar surface area (TPSA) is 40.6 Å². The molecular weight excluding hydrogens is 348 g/mol. The highest BCUT2D eigenvalue weighted by Crippen LogP contribution is 2.25. The molecule has 0 aliphatic carbocycles. The number of hydrogen-bond donors (Lipinski definition) is 0. The molecule has 2 heterocycles. The Morgan fingerprint density at radius 1 is 1.00 bits per heavy atom. The highest BCUT2D eigenvalue weighted by atomic mass is 16.2. The molecule has 4 rings (SSSR count). The number of benzene rings is 2. The molecule has 0 N–H and O–H groups in total. The van der Waals surface area contributed by atoms with Crippen LogP contribution in [0.3, 0.4) is 0 Å². The molecule has 2 aliphatic rings. The third-order valence-electron chi connectivity index (χ3n) is 5.74. The van der Waals surface area contributed by atoms with Crippen LogP contribution in [0.2, 0.25) is 0 Å². The van der Waals surface area contributed by atoms with E-state index < -0.39 is 0 Å². The van der Waals surface area contributed by atoms with E-state index in [-0.39, 0.29) is 17.7 Å². The van der Waals surface area contributed by atoms with Gasteiger partial charge in [-0.2, -0.15) is 0 Å². The van der Waals surface area contributed by atoms with Crippen LogP contribution in [0.25, 0.3) is 5.57 Å². The molecule has 0 saturated carbocycles. The van der Waals surface area contributed by atoms with Gasteiger partial charge >= 0.3 is 0 Å². The molecule has 2 aromatic carbocycles. The average Bonchev–Trinajstić information content (AvgIpc) is 3.14. The van der Waals surface area contributed by atoms with Gasteiger partial charge in [0.05, 0.1) is 5.92 Å². The first kappa shape index (κ1) is 18.5. The largest absolute Gasteiger partial charge is 0.342 e. The highest BCUT2D eigenvalue weighted by Gasteiger charge is 2.36. The first-order chi connectivity index (χ1) is 13.7. The molecule has 0 spiro atoms. The van der Waals surface area contributed by atoms with Crippen molar-refractivity contribution in [2.24, 2.45) is 5.92 Å². The second kappa shape index (κ2) is 8.42. The predicted octanol–water partition coefficient (Wildman–Crippen LogP) is 3.39. The summed E-state index contributed by atoms with van der Waals surface area (Å²) >= 11 is 0. The summed E-state index contributed by atoms with van der Waals surface area (Å²) in [6.45, 7) is 2.60. The van der Waals surface area contributed by atoms with Crippen LogP contribution in [0.1, 0.15) is 24.0 Å². The van der Waals surface area contributed by atoms with Crippen molar-refractivity contribution in [3.63, 3.8) is 0 Å². The van der Waals surface area contributed by atoms with Crippen molar-refractivity contribution < 1.29 is 9.59 Å². The summed E-state index contributed by atoms with van der Waals surface area (Å²) in [5.74, 6) is 0.0284. The predicted molar refractivity (Wildman–Crippen MR) is 110 cm³/mol. The number of carbonyl (C=O) groups is 2. The summed E-state index contributed by atoms with van der Waals surface area (Å²) in [6, 6.07) is 20.5. The maximum absolute atomic E-state index is 12.9. The summed E-state index contributed by atoms with van der Waals surface area (Å²) in [5.41, 5.74) is 3.76. The zero-order valence-corrected chi connectivity index (χ0v) is 16.1. The first-order valence-electron chi connectivity index (χ1n) is 10.1. The van der Waals surface area contributed by atoms with E-state index in [0.717, 1.165) is 19.4 Å². The summed E-state index contributed by atoms with van der Waals surface area (Å²) in [5, 5.41) is 0. The van der Waals surface area contributed by atoms with Gasteiger partial charge in [-0.15, -0.1) is 0 Å². The van der Waals surface area contributed by atoms with Crippen molar-refractivity contribution >= 4 is 17.4 Å². The van der Waals surface area contributed by atoms with Crippen molar-refractivity contribution in [3.05, 3.63) is 77.9 Å². The molecule has 0 radical (unpaired) electrons. The second-order valence-corrected chi connectivity index (χ2v) is 7.61. The number of hydrogen-bond acceptors (Lipinski definition) is 2. The minimum atomic E-state index is -0.199. The first-order valence-corrected chi connectivity index (χ1v) is 10.1. The molecule has 4 nitrogen and oxygen atoms in total. The molecule has 1 atom stereocenters. The smallest absolute Gasteiger partial charge is 0.228 e. The molecule has 2 aromatic rings. The molecule has 4 heteroatoms. The Hall–Kier alpha value is -2.88. The van der Waals surface area contributed by atoms with Gasteiger partial charge in [-0.25, -0.2) is 0 Å². The van der Waals surface area contributed by atoms with Crippen molar-refractivity contribution in [2.75, 3.05) is 26.2 Å². The summed E-state index contributed by atoms with van der Waals surface area (Å²) < 4.78 is 0. The molecule has 2 aliphatic heterocycles. The maximum Gasteiger partial charge on any atom is 0.228 e. The normalized spacial score (nSPS) is 19.6. The number of rotatable bonds is 5. The van der Waals surface area contributed by atoms with Gasteiger partial charge in [0.25, 0.3) is 0 Å². The fraction of sp³-hybridized carbons (Fsp3) is 0.333. The van der Waals surface area contributed by atoms with Crippen molar-refractivity contribution in [1.82, 2.24) is 9.80 Å². The number of likely N-dealkylation sites (tertiary alicyclic amines) is 1. The van der Waals surface area contributed by atoms with Crippen molar-refractivity contribution in [1.29, 1.82) is 0 Å². The Morgan fingerprint density at radius 2 is 1.71 bits per heavy atom. The SMILES string of the molecule is O=C1C[C@@H](C(=O)N2CC=C(c3ccccc3)CC2)CN1CCc1ccccc1. The van der Waals surface area contributed by atoms with Gasteiger partial charge in [0.15, 0.2) is 0 Å². The van der Waals surface area contributed by atoms with E-state index in [1.54, 1.807) is 0 Å². The van der Waals surface area contributed by atoms with E-state index in [4.69, 9.17) is 0 Å². The fourth-order valence-electron chi connectivity index (χ4n) is 4.10. The van der Waals surface area contributed by atoms with Crippen LogP contribution in [0.15, 0.2) is 66.7 Å². The minimum Gasteiger partial charge on any atom is -0.342 e. The molecule has 1 fully saturated rings. The number of amides is 2. The lowest BCUT2D eigenvalue weighted by molar-refractivity contribution is -0.135. The molecule has 144 valence electrons. The molecule has 1 saturated heterocycles. The van der Waals surface area contributed by atoms with Crippen LogP contribution >= 0.6 is 0 Å². The van der Waals surface area contributed by atoms with Crippen molar-refractivity contribution in [2.45, 2.75) is 19.3 Å². The van der Waals surface area contributed by atoms with E-state index in [1.807, 2.05) is 46.2 Å². The Kier molecular flexibility index (Phi) is 5.56. The van der Waals surface area contributed by atoms with Gasteiger partial charge in [-0.05, 0) is 29.5 Å². The molecule has 0 aromatic heterocycles. The van der Waals surface area contributed by atoms with Crippen LogP contribution < -0.4 is 0 Å². The molecule has 2 amide bonds. The van der Waals surface area contributed by atoms with Gasteiger partial charge in [-0.1, -0.05) is 66.7 Å². The Balaban J connectivity index is 1.32. The molecule has 28 heavy (non-hydrogen) atoms. The van der Waals surface area contributed by atoms with Crippen LogP contribution in [0, 0.1) is 5.92 Å². The lowest BCUT2D eigenvalue weighted by Gasteiger charge is -2.29. The Bertz CT molecular complexity index is 861. The monoisotopic (exact) mass is 374 g/mol. The average molecular weight is 374 g/mol. The van der Waals surface area contributed by atoms with E-state index in [9.17, 15) is 9.59 Å². The van der Waals surface area contributed by atoms with E-state index in [1.165, 1.54) is 16.7 Å². The molecule has 0 bridgehead atoms. The van der Waals surface area contributed by atoms with E-state index in [0.29, 0.717) is 26.1 Å². The van der Waals surface area contributed by atoms with Crippen molar-refractivity contribution in [3.8, 4) is 0 Å². The quantitative estimate of drug-likeness (QED) is 0.805. The zero-order chi connectivity index (χ0) is 19.3. The zero-order valence-electron chi connectivity index (χ0n) is 16.1. The number of carbonyl (C=O) groups excluding carboxylic acids is 2. The maximum atomic E-state index is 12.9. The van der Waals surface area contributed by atoms with E-state index >= 15 is 0 Å². The lowest BCUT2D eigenvalue weighted by atomic mass is 9.98. The summed E-state index contributed by atoms with van der Waals surface area (Å²) in [7, 11) is 0. The van der Waals surface area contributed by atoms with Gasteiger partial charge in [0.1, 0.15) is 0 Å². The third kappa shape index (κ3) is 4.16. The van der Waals surface area contributed by atoms with Crippen LogP contribution in [-0.2, 0) is 16.0 Å². The van der Waals surface area contributed by atoms with Gasteiger partial charge in [-0.3, -0.25) is 9.59 Å². The van der Waals surface area contributed by atoms with Crippen LogP contribution in [0.5, 0.6) is 0 Å². The van der Waals surface area contributed by atoms with Crippen LogP contribution in [0.4, 0.5) is 0 Å². The minimum absolute atomic E-state index is 0.104. The number of nitrogens with zero attached hydrogens (tertiary/aromatic N) is 2. The highest BCUT2D eigenvalue weighted by molar-refractivity contribution is 5.89. The second-order valence-electron chi connectivity index (χ2n) is 7.61. The van der Waals surface area contributed by atoms with Gasteiger partial charge in [0, 0.05) is 32.6 Å². The van der Waals surface area contributed by atoms with Gasteiger partial charge < -0.3 is 9.80 Å². The Labute approximate surface area is 166 Å². The van der Waals surface area contributed by atoms with Crippen LogP contribution in [-0.4, -0.2) is 47.8 Å².